The normalized spacial score (nSPS) is 20.8. The summed E-state index contributed by atoms with van der Waals surface area (Å²) in [6, 6.07) is 65.7. The van der Waals surface area contributed by atoms with Crippen molar-refractivity contribution in [2.24, 2.45) is 5.92 Å². The van der Waals surface area contributed by atoms with Crippen molar-refractivity contribution in [3.63, 3.8) is 0 Å². The number of benzene rings is 7. The molecular weight excluding hydrogens is 867 g/mol. The van der Waals surface area contributed by atoms with E-state index in [0.717, 1.165) is 5.92 Å². The van der Waals surface area contributed by atoms with Crippen molar-refractivity contribution in [3.05, 3.63) is 208 Å². The van der Waals surface area contributed by atoms with Crippen LogP contribution in [0.25, 0.3) is 22.3 Å². The van der Waals surface area contributed by atoms with Crippen molar-refractivity contribution in [1.82, 2.24) is 0 Å². The van der Waals surface area contributed by atoms with Crippen LogP contribution in [0.4, 0.5) is 17.1 Å². The number of fused-ring (bicyclic) bond motifs is 3. The van der Waals surface area contributed by atoms with Gasteiger partial charge in [0.05, 0.1) is 5.41 Å². The van der Waals surface area contributed by atoms with E-state index in [4.69, 9.17) is 0 Å². The van der Waals surface area contributed by atoms with Gasteiger partial charge in [0.25, 0.3) is 0 Å². The van der Waals surface area contributed by atoms with Gasteiger partial charge in [-0.15, -0.1) is 0 Å². The van der Waals surface area contributed by atoms with Crippen molar-refractivity contribution >= 4 is 17.1 Å². The number of rotatable bonds is 11. The standard InChI is InChI=1S/C71H79N/c1-2-51-16-14-24-55(25-15-17-51)56-28-30-57(31-29-56)61-38-46-65(47-39-61)72(64-44-36-60(37-45-64)54-22-10-5-11-23-54)66-48-49-68-67-26-12-13-27-69(67)71(70(68)50-66,62-40-32-58(33-41-62)52-18-6-3-7-19-52)63-42-34-59(35-43-63)53-20-8-4-9-21-53/h12-13,26-55H,2-11,14-25H2,1H3. The molecule has 0 saturated heterocycles. The Bertz CT molecular complexity index is 2800. The van der Waals surface area contributed by atoms with Gasteiger partial charge in [0.1, 0.15) is 0 Å². The van der Waals surface area contributed by atoms with Crippen molar-refractivity contribution < 1.29 is 0 Å². The minimum Gasteiger partial charge on any atom is -0.310 e. The first-order valence-electron chi connectivity index (χ1n) is 29.2. The Kier molecular flexibility index (Phi) is 14.1. The molecule has 1 nitrogen and oxygen atoms in total. The molecule has 4 saturated carbocycles. The fraction of sp³-hybridized carbons (Fsp3) is 0.408. The Morgan fingerprint density at radius 1 is 0.347 bits per heavy atom. The van der Waals surface area contributed by atoms with Gasteiger partial charge in [-0.1, -0.05) is 224 Å². The van der Waals surface area contributed by atoms with Gasteiger partial charge in [-0.3, -0.25) is 0 Å². The van der Waals surface area contributed by atoms with E-state index < -0.39 is 5.41 Å². The van der Waals surface area contributed by atoms with E-state index in [1.54, 1.807) is 0 Å². The Hall–Kier alpha value is -5.66. The summed E-state index contributed by atoms with van der Waals surface area (Å²) in [5.74, 6) is 3.63. The lowest BCUT2D eigenvalue weighted by Crippen LogP contribution is -2.29. The summed E-state index contributed by atoms with van der Waals surface area (Å²) >= 11 is 0. The molecule has 1 heteroatoms. The predicted molar refractivity (Wildman–Crippen MR) is 306 cm³/mol. The zero-order valence-corrected chi connectivity index (χ0v) is 43.5. The first-order chi connectivity index (χ1) is 35.6. The van der Waals surface area contributed by atoms with E-state index in [2.05, 4.69) is 176 Å². The molecule has 12 rings (SSSR count). The molecule has 5 aliphatic carbocycles. The van der Waals surface area contributed by atoms with Crippen LogP contribution in [-0.4, -0.2) is 0 Å². The lowest BCUT2D eigenvalue weighted by molar-refractivity contribution is 0.350. The highest BCUT2D eigenvalue weighted by molar-refractivity contribution is 5.89. The molecule has 368 valence electrons. The fourth-order valence-corrected chi connectivity index (χ4v) is 14.9. The summed E-state index contributed by atoms with van der Waals surface area (Å²) < 4.78 is 0. The second-order valence-electron chi connectivity index (χ2n) is 23.2. The van der Waals surface area contributed by atoms with Gasteiger partial charge in [-0.2, -0.15) is 0 Å². The molecule has 0 spiro atoms. The summed E-state index contributed by atoms with van der Waals surface area (Å²) in [4.78, 5) is 2.54. The minimum atomic E-state index is -0.474. The summed E-state index contributed by atoms with van der Waals surface area (Å²) in [6.07, 6.45) is 29.6. The van der Waals surface area contributed by atoms with Crippen LogP contribution < -0.4 is 4.90 Å². The molecule has 0 atom stereocenters. The van der Waals surface area contributed by atoms with Gasteiger partial charge in [-0.25, -0.2) is 0 Å². The fourth-order valence-electron chi connectivity index (χ4n) is 14.9. The van der Waals surface area contributed by atoms with E-state index in [9.17, 15) is 0 Å². The molecule has 4 fully saturated rings. The van der Waals surface area contributed by atoms with Gasteiger partial charge in [0, 0.05) is 17.1 Å². The lowest BCUT2D eigenvalue weighted by atomic mass is 9.67. The van der Waals surface area contributed by atoms with E-state index >= 15 is 0 Å². The number of nitrogens with zero attached hydrogens (tertiary/aromatic N) is 1. The Labute approximate surface area is 433 Å². The topological polar surface area (TPSA) is 3.24 Å². The van der Waals surface area contributed by atoms with Crippen LogP contribution in [-0.2, 0) is 5.41 Å². The molecule has 72 heavy (non-hydrogen) atoms. The van der Waals surface area contributed by atoms with E-state index in [1.807, 2.05) is 0 Å². The van der Waals surface area contributed by atoms with Crippen molar-refractivity contribution in [1.29, 1.82) is 0 Å². The molecule has 0 heterocycles. The van der Waals surface area contributed by atoms with Gasteiger partial charge >= 0.3 is 0 Å². The zero-order chi connectivity index (χ0) is 48.3. The maximum atomic E-state index is 2.58. The molecular formula is C71H79N. The smallest absolute Gasteiger partial charge is 0.0714 e. The average molecular weight is 946 g/mol. The second-order valence-corrected chi connectivity index (χ2v) is 23.2. The van der Waals surface area contributed by atoms with Gasteiger partial charge in [-0.05, 0) is 184 Å². The van der Waals surface area contributed by atoms with Crippen LogP contribution in [0.2, 0.25) is 0 Å². The molecule has 0 unspecified atom stereocenters. The Morgan fingerprint density at radius 3 is 1.19 bits per heavy atom. The van der Waals surface area contributed by atoms with E-state index in [-0.39, 0.29) is 0 Å². The highest BCUT2D eigenvalue weighted by Gasteiger charge is 2.46. The van der Waals surface area contributed by atoms with Crippen LogP contribution in [0.5, 0.6) is 0 Å². The van der Waals surface area contributed by atoms with Crippen LogP contribution >= 0.6 is 0 Å². The lowest BCUT2D eigenvalue weighted by Gasteiger charge is -2.35. The molecule has 5 aliphatic rings. The van der Waals surface area contributed by atoms with Crippen LogP contribution in [0.15, 0.2) is 164 Å². The predicted octanol–water partition coefficient (Wildman–Crippen LogP) is 20.8. The summed E-state index contributed by atoms with van der Waals surface area (Å²) in [5.41, 5.74) is 20.0. The molecule has 0 bridgehead atoms. The number of anilines is 3. The monoisotopic (exact) mass is 946 g/mol. The molecule has 0 amide bonds. The highest BCUT2D eigenvalue weighted by Crippen LogP contribution is 2.58. The maximum absolute atomic E-state index is 2.58. The third-order valence-corrected chi connectivity index (χ3v) is 19.1. The molecule has 7 aromatic carbocycles. The number of hydrogen-bond donors (Lipinski definition) is 0. The molecule has 7 aromatic rings. The van der Waals surface area contributed by atoms with Gasteiger partial charge in [0.15, 0.2) is 0 Å². The Balaban J connectivity index is 0.953. The van der Waals surface area contributed by atoms with E-state index in [1.165, 1.54) is 225 Å². The van der Waals surface area contributed by atoms with E-state index in [0.29, 0.717) is 23.7 Å². The number of hydrogen-bond acceptors (Lipinski definition) is 1. The zero-order valence-electron chi connectivity index (χ0n) is 43.5. The third kappa shape index (κ3) is 9.33. The molecule has 0 aliphatic heterocycles. The van der Waals surface area contributed by atoms with Crippen molar-refractivity contribution in [2.75, 3.05) is 4.90 Å². The SMILES string of the molecule is CCC1CCCC(c2ccc(-c3ccc(N(c4ccc(C5CCCCC5)cc4)c4ccc5c(c4)C(c4ccc(C6CCCCC6)cc4)(c4ccc(C6CCCCC6)cc4)c4ccccc4-5)cc3)cc2)CCC1. The van der Waals surface area contributed by atoms with Gasteiger partial charge in [0.2, 0.25) is 0 Å². The van der Waals surface area contributed by atoms with Gasteiger partial charge < -0.3 is 4.90 Å². The second kappa shape index (κ2) is 21.4. The first kappa shape index (κ1) is 47.4. The highest BCUT2D eigenvalue weighted by atomic mass is 15.1. The molecule has 0 aromatic heterocycles. The van der Waals surface area contributed by atoms with Crippen molar-refractivity contribution in [2.45, 2.75) is 177 Å². The molecule has 0 radical (unpaired) electrons. The largest absolute Gasteiger partial charge is 0.310 e. The summed E-state index contributed by atoms with van der Waals surface area (Å²) in [5, 5.41) is 0. The van der Waals surface area contributed by atoms with Crippen molar-refractivity contribution in [3.8, 4) is 22.3 Å². The quantitative estimate of drug-likeness (QED) is 0.125. The first-order valence-corrected chi connectivity index (χ1v) is 29.2. The average Bonchev–Trinajstić information content (AvgIpc) is 3.75. The Morgan fingerprint density at radius 2 is 0.722 bits per heavy atom. The minimum absolute atomic E-state index is 0.474. The van der Waals surface area contributed by atoms with Crippen LogP contribution in [0.1, 0.15) is 216 Å². The summed E-state index contributed by atoms with van der Waals surface area (Å²) in [6.45, 7) is 2.38. The summed E-state index contributed by atoms with van der Waals surface area (Å²) in [7, 11) is 0. The molecule has 0 N–H and O–H groups in total. The third-order valence-electron chi connectivity index (χ3n) is 19.1. The van der Waals surface area contributed by atoms with Crippen LogP contribution in [0.3, 0.4) is 0 Å². The maximum Gasteiger partial charge on any atom is 0.0714 e. The van der Waals surface area contributed by atoms with Crippen LogP contribution in [0, 0.1) is 5.92 Å².